The molecule has 0 aliphatic rings. The first-order chi connectivity index (χ1) is 10.5. The summed E-state index contributed by atoms with van der Waals surface area (Å²) in [7, 11) is 1.96. The van der Waals surface area contributed by atoms with Gasteiger partial charge in [0.15, 0.2) is 11.2 Å². The van der Waals surface area contributed by atoms with Gasteiger partial charge in [-0.3, -0.25) is 9.78 Å². The zero-order valence-corrected chi connectivity index (χ0v) is 12.4. The van der Waals surface area contributed by atoms with Crippen molar-refractivity contribution < 1.29 is 0 Å². The van der Waals surface area contributed by atoms with Crippen LogP contribution in [0.3, 0.4) is 0 Å². The van der Waals surface area contributed by atoms with Crippen LogP contribution in [0.5, 0.6) is 0 Å². The molecule has 0 unspecified atom stereocenters. The summed E-state index contributed by atoms with van der Waals surface area (Å²) in [6.45, 7) is 2.58. The summed E-state index contributed by atoms with van der Waals surface area (Å²) in [4.78, 5) is 28.8. The van der Waals surface area contributed by atoms with E-state index in [2.05, 4.69) is 32.1 Å². The van der Waals surface area contributed by atoms with E-state index in [1.165, 1.54) is 5.56 Å². The highest BCUT2D eigenvalue weighted by Gasteiger charge is 2.08. The molecule has 0 amide bonds. The molecule has 7 heteroatoms. The average molecular weight is 296 g/mol. The monoisotopic (exact) mass is 296 g/mol. The van der Waals surface area contributed by atoms with E-state index in [0.29, 0.717) is 12.2 Å². The summed E-state index contributed by atoms with van der Waals surface area (Å²) in [5.41, 5.74) is 8.52. The summed E-state index contributed by atoms with van der Waals surface area (Å²) < 4.78 is 0. The third-order valence-electron chi connectivity index (χ3n) is 3.36. The molecule has 22 heavy (non-hydrogen) atoms. The minimum Gasteiger partial charge on any atom is -0.369 e. The van der Waals surface area contributed by atoms with Gasteiger partial charge in [-0.1, -0.05) is 17.7 Å². The third kappa shape index (κ3) is 2.73. The fourth-order valence-corrected chi connectivity index (χ4v) is 2.18. The highest BCUT2D eigenvalue weighted by atomic mass is 16.1. The van der Waals surface area contributed by atoms with Crippen molar-refractivity contribution in [1.82, 2.24) is 19.9 Å². The van der Waals surface area contributed by atoms with Crippen molar-refractivity contribution in [1.29, 1.82) is 0 Å². The quantitative estimate of drug-likeness (QED) is 0.754. The molecular weight excluding hydrogens is 280 g/mol. The summed E-state index contributed by atoms with van der Waals surface area (Å²) >= 11 is 0. The van der Waals surface area contributed by atoms with Crippen molar-refractivity contribution in [2.24, 2.45) is 0 Å². The van der Waals surface area contributed by atoms with Gasteiger partial charge in [-0.25, -0.2) is 9.97 Å². The maximum Gasteiger partial charge on any atom is 0.280 e. The van der Waals surface area contributed by atoms with Crippen LogP contribution in [-0.4, -0.2) is 27.0 Å². The van der Waals surface area contributed by atoms with Gasteiger partial charge in [0.1, 0.15) is 0 Å². The predicted octanol–water partition coefficient (Wildman–Crippen LogP) is 1.24. The van der Waals surface area contributed by atoms with Gasteiger partial charge in [-0.2, -0.15) is 4.98 Å². The van der Waals surface area contributed by atoms with E-state index in [4.69, 9.17) is 5.73 Å². The van der Waals surface area contributed by atoms with Crippen molar-refractivity contribution in [2.75, 3.05) is 17.7 Å². The first-order valence-corrected chi connectivity index (χ1v) is 6.82. The van der Waals surface area contributed by atoms with Crippen molar-refractivity contribution in [3.63, 3.8) is 0 Å². The Bertz CT molecular complexity index is 871. The van der Waals surface area contributed by atoms with E-state index in [0.717, 1.165) is 5.69 Å². The molecule has 3 rings (SSSR count). The number of H-pyrrole nitrogens is 1. The lowest BCUT2D eigenvalue weighted by Gasteiger charge is -2.18. The first kappa shape index (κ1) is 14.0. The summed E-state index contributed by atoms with van der Waals surface area (Å²) in [6, 6.07) is 8.18. The van der Waals surface area contributed by atoms with Gasteiger partial charge in [0, 0.05) is 12.7 Å². The molecule has 2 aromatic heterocycles. The minimum absolute atomic E-state index is 0.0383. The number of benzene rings is 1. The fourth-order valence-electron chi connectivity index (χ4n) is 2.18. The van der Waals surface area contributed by atoms with Gasteiger partial charge in [0.2, 0.25) is 5.95 Å². The number of hydrogen-bond acceptors (Lipinski definition) is 6. The molecular formula is C15H16N6O. The van der Waals surface area contributed by atoms with E-state index >= 15 is 0 Å². The standard InChI is InChI=1S/C15H16N6O/c1-9-3-5-11(6-4-9)21(2)8-10-7-17-13-12(18-10)14(22)20-15(16)19-13/h3-7H,8H2,1-2H3,(H3,16,17,19,20,22). The number of nitrogens with zero attached hydrogens (tertiary/aromatic N) is 4. The summed E-state index contributed by atoms with van der Waals surface area (Å²) in [5, 5.41) is 0. The summed E-state index contributed by atoms with van der Waals surface area (Å²) in [6.07, 6.45) is 1.61. The Morgan fingerprint density at radius 3 is 2.68 bits per heavy atom. The van der Waals surface area contributed by atoms with Gasteiger partial charge >= 0.3 is 0 Å². The SMILES string of the molecule is Cc1ccc(N(C)Cc2cnc3nc(N)[nH]c(=O)c3n2)cc1. The number of aryl methyl sites for hydroxylation is 1. The molecule has 3 N–H and O–H groups in total. The van der Waals surface area contributed by atoms with Crippen LogP contribution in [0, 0.1) is 6.92 Å². The number of rotatable bonds is 3. The molecule has 3 aromatic rings. The molecule has 1 aromatic carbocycles. The number of fused-ring (bicyclic) bond motifs is 1. The van der Waals surface area contributed by atoms with Crippen LogP contribution in [0.4, 0.5) is 11.6 Å². The van der Waals surface area contributed by atoms with Crippen LogP contribution in [0.15, 0.2) is 35.3 Å². The zero-order chi connectivity index (χ0) is 15.7. The van der Waals surface area contributed by atoms with Crippen molar-refractivity contribution >= 4 is 22.8 Å². The van der Waals surface area contributed by atoms with E-state index in [1.807, 2.05) is 31.0 Å². The smallest absolute Gasteiger partial charge is 0.280 e. The Hall–Kier alpha value is -2.96. The van der Waals surface area contributed by atoms with Gasteiger partial charge in [-0.05, 0) is 19.1 Å². The number of nitrogens with two attached hydrogens (primary N) is 1. The Kier molecular flexibility index (Phi) is 3.46. The second-order valence-electron chi connectivity index (χ2n) is 5.18. The van der Waals surface area contributed by atoms with Gasteiger partial charge in [-0.15, -0.1) is 0 Å². The predicted molar refractivity (Wildman–Crippen MR) is 85.7 cm³/mol. The largest absolute Gasteiger partial charge is 0.369 e. The maximum atomic E-state index is 11.9. The molecule has 0 radical (unpaired) electrons. The van der Waals surface area contributed by atoms with Crippen molar-refractivity contribution in [3.8, 4) is 0 Å². The van der Waals surface area contributed by atoms with Gasteiger partial charge < -0.3 is 10.6 Å². The van der Waals surface area contributed by atoms with Crippen molar-refractivity contribution in [3.05, 3.63) is 52.1 Å². The number of nitrogen functional groups attached to an aromatic ring is 1. The fraction of sp³-hybridized carbons (Fsp3) is 0.200. The van der Waals surface area contributed by atoms with Crippen LogP contribution < -0.4 is 16.2 Å². The van der Waals surface area contributed by atoms with Crippen molar-refractivity contribution in [2.45, 2.75) is 13.5 Å². The molecule has 0 fully saturated rings. The van der Waals surface area contributed by atoms with Crippen LogP contribution in [-0.2, 0) is 6.54 Å². The molecule has 0 bridgehead atoms. The molecule has 112 valence electrons. The Balaban J connectivity index is 1.90. The average Bonchev–Trinajstić information content (AvgIpc) is 2.48. The number of hydrogen-bond donors (Lipinski definition) is 2. The number of aromatic amines is 1. The Morgan fingerprint density at radius 2 is 1.95 bits per heavy atom. The number of aromatic nitrogens is 4. The number of anilines is 2. The van der Waals surface area contributed by atoms with Gasteiger partial charge in [0.25, 0.3) is 5.56 Å². The van der Waals surface area contributed by atoms with Gasteiger partial charge in [0.05, 0.1) is 18.4 Å². The van der Waals surface area contributed by atoms with E-state index in [1.54, 1.807) is 6.20 Å². The highest BCUT2D eigenvalue weighted by molar-refractivity contribution is 5.69. The maximum absolute atomic E-state index is 11.9. The molecule has 0 saturated heterocycles. The second-order valence-corrected chi connectivity index (χ2v) is 5.18. The number of nitrogens with one attached hydrogen (secondary N) is 1. The minimum atomic E-state index is -0.380. The lowest BCUT2D eigenvalue weighted by atomic mass is 10.2. The lowest BCUT2D eigenvalue weighted by molar-refractivity contribution is 0.880. The Labute approximate surface area is 126 Å². The summed E-state index contributed by atoms with van der Waals surface area (Å²) in [5.74, 6) is 0.0383. The molecule has 0 aliphatic carbocycles. The molecule has 0 saturated carbocycles. The van der Waals surface area contributed by atoms with E-state index < -0.39 is 0 Å². The van der Waals surface area contributed by atoms with Crippen LogP contribution in [0.25, 0.3) is 11.2 Å². The molecule has 0 aliphatic heterocycles. The lowest BCUT2D eigenvalue weighted by Crippen LogP contribution is -2.19. The van der Waals surface area contributed by atoms with E-state index in [-0.39, 0.29) is 22.7 Å². The van der Waals surface area contributed by atoms with Crippen LogP contribution in [0.2, 0.25) is 0 Å². The first-order valence-electron chi connectivity index (χ1n) is 6.82. The third-order valence-corrected chi connectivity index (χ3v) is 3.36. The zero-order valence-electron chi connectivity index (χ0n) is 12.4. The van der Waals surface area contributed by atoms with E-state index in [9.17, 15) is 4.79 Å². The van der Waals surface area contributed by atoms with Crippen LogP contribution >= 0.6 is 0 Å². The highest BCUT2D eigenvalue weighted by Crippen LogP contribution is 2.15. The normalized spacial score (nSPS) is 10.8. The molecule has 2 heterocycles. The van der Waals surface area contributed by atoms with Crippen LogP contribution in [0.1, 0.15) is 11.3 Å². The molecule has 0 spiro atoms. The Morgan fingerprint density at radius 1 is 1.23 bits per heavy atom. The molecule has 0 atom stereocenters. The topological polar surface area (TPSA) is 101 Å². The molecule has 7 nitrogen and oxygen atoms in total. The second kappa shape index (κ2) is 5.44.